The van der Waals surface area contributed by atoms with Crippen LogP contribution in [-0.4, -0.2) is 35.1 Å². The first-order chi connectivity index (χ1) is 12.4. The number of ether oxygens (including phenoxy) is 2. The van der Waals surface area contributed by atoms with E-state index in [0.29, 0.717) is 5.56 Å². The van der Waals surface area contributed by atoms with Crippen molar-refractivity contribution in [2.45, 2.75) is 13.8 Å². The predicted octanol–water partition coefficient (Wildman–Crippen LogP) is 2.30. The first kappa shape index (κ1) is 18.8. The van der Waals surface area contributed by atoms with Gasteiger partial charge in [-0.15, -0.1) is 0 Å². The van der Waals surface area contributed by atoms with Crippen LogP contribution in [0.4, 0.5) is 5.69 Å². The number of benzene rings is 1. The highest BCUT2D eigenvalue weighted by atomic mass is 16.6. The van der Waals surface area contributed by atoms with Crippen molar-refractivity contribution in [2.75, 3.05) is 13.2 Å². The first-order valence-electron chi connectivity index (χ1n) is 7.76. The summed E-state index contributed by atoms with van der Waals surface area (Å²) in [5, 5.41) is 11.7. The van der Waals surface area contributed by atoms with Gasteiger partial charge >= 0.3 is 17.6 Å². The molecular weight excluding hydrogens is 344 g/mol. The lowest BCUT2D eigenvalue weighted by Crippen LogP contribution is -2.27. The number of nitrogens with zero attached hydrogens (tertiary/aromatic N) is 1. The summed E-state index contributed by atoms with van der Waals surface area (Å²) in [5.41, 5.74) is -3.07. The van der Waals surface area contributed by atoms with Gasteiger partial charge in [-0.1, -0.05) is 30.3 Å². The highest BCUT2D eigenvalue weighted by Gasteiger charge is 2.36. The largest absolute Gasteiger partial charge is 0.462 e. The summed E-state index contributed by atoms with van der Waals surface area (Å²) in [5.74, 6) is -2.29. The summed E-state index contributed by atoms with van der Waals surface area (Å²) in [7, 11) is 0. The minimum Gasteiger partial charge on any atom is -0.462 e. The Kier molecular flexibility index (Phi) is 5.84. The molecule has 0 atom stereocenters. The number of nitrogens with one attached hydrogen (secondary N) is 1. The molecule has 1 aromatic heterocycles. The molecule has 9 heteroatoms. The fourth-order valence-electron chi connectivity index (χ4n) is 2.39. The number of nitro groups is 1. The van der Waals surface area contributed by atoms with Gasteiger partial charge in [-0.2, -0.15) is 0 Å². The second-order valence-corrected chi connectivity index (χ2v) is 4.99. The lowest BCUT2D eigenvalue weighted by atomic mass is 10.0. The lowest BCUT2D eigenvalue weighted by molar-refractivity contribution is -0.384. The summed E-state index contributed by atoms with van der Waals surface area (Å²) in [4.78, 5) is 50.1. The van der Waals surface area contributed by atoms with E-state index in [4.69, 9.17) is 9.47 Å². The van der Waals surface area contributed by atoms with E-state index in [0.717, 1.165) is 0 Å². The third kappa shape index (κ3) is 3.61. The van der Waals surface area contributed by atoms with Gasteiger partial charge in [0.25, 0.3) is 5.56 Å². The van der Waals surface area contributed by atoms with Gasteiger partial charge in [0.1, 0.15) is 11.3 Å². The molecule has 2 aromatic rings. The number of carbonyl (C=O) groups is 2. The van der Waals surface area contributed by atoms with Gasteiger partial charge in [-0.3, -0.25) is 14.9 Å². The van der Waals surface area contributed by atoms with Crippen LogP contribution in [0.15, 0.2) is 35.1 Å². The van der Waals surface area contributed by atoms with Crippen LogP contribution in [0.5, 0.6) is 0 Å². The molecule has 2 rings (SSSR count). The number of aromatic nitrogens is 1. The number of rotatable bonds is 6. The van der Waals surface area contributed by atoms with Crippen molar-refractivity contribution in [3.8, 4) is 11.3 Å². The van der Waals surface area contributed by atoms with Crippen molar-refractivity contribution in [1.29, 1.82) is 0 Å². The number of esters is 2. The molecule has 0 saturated heterocycles. The minimum absolute atomic E-state index is 0.0746. The number of pyridine rings is 1. The minimum atomic E-state index is -1.15. The Hall–Kier alpha value is -3.49. The van der Waals surface area contributed by atoms with E-state index < -0.39 is 39.2 Å². The number of aromatic amines is 1. The van der Waals surface area contributed by atoms with E-state index in [1.165, 1.54) is 26.0 Å². The molecule has 0 aliphatic heterocycles. The third-order valence-electron chi connectivity index (χ3n) is 3.39. The standard InChI is InChI=1S/C17H16N2O7/c1-3-25-16(21)11-12(17(22)26-4-2)15(20)18-13(14(11)19(23)24)10-8-6-5-7-9-10/h5-9H,3-4H2,1-2H3,(H,18,20). The van der Waals surface area contributed by atoms with E-state index in [1.807, 2.05) is 0 Å². The molecule has 26 heavy (non-hydrogen) atoms. The highest BCUT2D eigenvalue weighted by Crippen LogP contribution is 2.32. The molecular formula is C17H16N2O7. The molecule has 0 fully saturated rings. The lowest BCUT2D eigenvalue weighted by Gasteiger charge is -2.11. The van der Waals surface area contributed by atoms with Crippen LogP contribution in [0.3, 0.4) is 0 Å². The average Bonchev–Trinajstić information content (AvgIpc) is 2.61. The number of carbonyl (C=O) groups excluding carboxylic acids is 2. The summed E-state index contributed by atoms with van der Waals surface area (Å²) in [6.45, 7) is 2.84. The van der Waals surface area contributed by atoms with Crippen molar-refractivity contribution in [3.63, 3.8) is 0 Å². The molecule has 0 unspecified atom stereocenters. The van der Waals surface area contributed by atoms with Crippen LogP contribution in [-0.2, 0) is 9.47 Å². The van der Waals surface area contributed by atoms with Crippen LogP contribution in [0, 0.1) is 10.1 Å². The van der Waals surface area contributed by atoms with E-state index in [-0.39, 0.29) is 18.9 Å². The van der Waals surface area contributed by atoms with Crippen LogP contribution < -0.4 is 5.56 Å². The van der Waals surface area contributed by atoms with Crippen molar-refractivity contribution in [2.24, 2.45) is 0 Å². The molecule has 0 aliphatic rings. The molecule has 0 bridgehead atoms. The zero-order valence-corrected chi connectivity index (χ0v) is 14.1. The first-order valence-corrected chi connectivity index (χ1v) is 7.76. The normalized spacial score (nSPS) is 10.2. The molecule has 0 amide bonds. The van der Waals surface area contributed by atoms with Crippen LogP contribution in [0.25, 0.3) is 11.3 Å². The topological polar surface area (TPSA) is 129 Å². The number of H-pyrrole nitrogens is 1. The Morgan fingerprint density at radius 3 is 2.08 bits per heavy atom. The molecule has 9 nitrogen and oxygen atoms in total. The fourth-order valence-corrected chi connectivity index (χ4v) is 2.39. The van der Waals surface area contributed by atoms with Gasteiger partial charge in [0.2, 0.25) is 0 Å². The molecule has 0 spiro atoms. The Morgan fingerprint density at radius 1 is 1.04 bits per heavy atom. The average molecular weight is 360 g/mol. The van der Waals surface area contributed by atoms with Crippen molar-refractivity contribution >= 4 is 17.6 Å². The maximum absolute atomic E-state index is 12.4. The predicted molar refractivity (Wildman–Crippen MR) is 91.1 cm³/mol. The Morgan fingerprint density at radius 2 is 1.58 bits per heavy atom. The van der Waals surface area contributed by atoms with E-state index in [2.05, 4.69) is 4.98 Å². The molecule has 136 valence electrons. The molecule has 1 N–H and O–H groups in total. The molecule has 0 saturated carbocycles. The summed E-state index contributed by atoms with van der Waals surface area (Å²) < 4.78 is 9.60. The van der Waals surface area contributed by atoms with Gasteiger partial charge in [0.05, 0.1) is 18.1 Å². The van der Waals surface area contributed by atoms with Gasteiger partial charge < -0.3 is 14.5 Å². The third-order valence-corrected chi connectivity index (χ3v) is 3.39. The Balaban J connectivity index is 2.90. The van der Waals surface area contributed by atoms with Crippen molar-refractivity contribution < 1.29 is 24.0 Å². The van der Waals surface area contributed by atoms with Crippen molar-refractivity contribution in [1.82, 2.24) is 4.98 Å². The maximum atomic E-state index is 12.4. The van der Waals surface area contributed by atoms with Crippen LogP contribution >= 0.6 is 0 Å². The molecule has 1 heterocycles. The molecule has 1 aromatic carbocycles. The zero-order valence-electron chi connectivity index (χ0n) is 14.1. The monoisotopic (exact) mass is 360 g/mol. The molecule has 0 radical (unpaired) electrons. The van der Waals surface area contributed by atoms with Gasteiger partial charge in [0, 0.05) is 5.56 Å². The van der Waals surface area contributed by atoms with E-state index >= 15 is 0 Å². The van der Waals surface area contributed by atoms with Gasteiger partial charge in [-0.25, -0.2) is 9.59 Å². The molecule has 0 aliphatic carbocycles. The summed E-state index contributed by atoms with van der Waals surface area (Å²) in [6.07, 6.45) is 0. The van der Waals surface area contributed by atoms with Crippen molar-refractivity contribution in [3.05, 3.63) is 61.9 Å². The quantitative estimate of drug-likeness (QED) is 0.475. The Labute approximate surface area is 147 Å². The second-order valence-electron chi connectivity index (χ2n) is 4.99. The van der Waals surface area contributed by atoms with Gasteiger partial charge in [-0.05, 0) is 13.8 Å². The smallest absolute Gasteiger partial charge is 0.346 e. The Bertz CT molecular complexity index is 903. The second kappa shape index (κ2) is 8.06. The number of hydrogen-bond donors (Lipinski definition) is 1. The fraction of sp³-hybridized carbons (Fsp3) is 0.235. The SMILES string of the molecule is CCOC(=O)c1c([N+](=O)[O-])c(-c2ccccc2)[nH]c(=O)c1C(=O)OCC. The highest BCUT2D eigenvalue weighted by molar-refractivity contribution is 6.07. The van der Waals surface area contributed by atoms with Gasteiger partial charge in [0.15, 0.2) is 5.56 Å². The zero-order chi connectivity index (χ0) is 19.3. The van der Waals surface area contributed by atoms with E-state index in [1.54, 1.807) is 18.2 Å². The van der Waals surface area contributed by atoms with E-state index in [9.17, 15) is 24.5 Å². The van der Waals surface area contributed by atoms with Crippen LogP contribution in [0.1, 0.15) is 34.6 Å². The number of hydrogen-bond acceptors (Lipinski definition) is 7. The van der Waals surface area contributed by atoms with Crippen LogP contribution in [0.2, 0.25) is 0 Å². The summed E-state index contributed by atoms with van der Waals surface area (Å²) >= 11 is 0. The summed E-state index contributed by atoms with van der Waals surface area (Å²) in [6, 6.07) is 7.96. The maximum Gasteiger partial charge on any atom is 0.346 e.